The summed E-state index contributed by atoms with van der Waals surface area (Å²) >= 11 is 0. The second kappa shape index (κ2) is 15.0. The molecular formula is C24H44O5. The first-order valence-corrected chi connectivity index (χ1v) is 12.0. The average molecular weight is 413 g/mol. The Morgan fingerprint density at radius 1 is 0.966 bits per heavy atom. The van der Waals surface area contributed by atoms with E-state index >= 15 is 0 Å². The van der Waals surface area contributed by atoms with Gasteiger partial charge in [0.2, 0.25) is 0 Å². The molecule has 0 bridgehead atoms. The van der Waals surface area contributed by atoms with Crippen LogP contribution in [0.25, 0.3) is 0 Å². The molecule has 5 nitrogen and oxygen atoms in total. The highest BCUT2D eigenvalue weighted by Crippen LogP contribution is 2.36. The minimum absolute atomic E-state index is 0.220. The number of rotatable bonds is 17. The number of ketones is 1. The van der Waals surface area contributed by atoms with Crippen LogP contribution in [0.3, 0.4) is 0 Å². The van der Waals surface area contributed by atoms with E-state index in [2.05, 4.69) is 6.92 Å². The summed E-state index contributed by atoms with van der Waals surface area (Å²) in [4.78, 5) is 24.3. The Labute approximate surface area is 177 Å². The van der Waals surface area contributed by atoms with Crippen molar-refractivity contribution in [2.24, 2.45) is 11.8 Å². The maximum atomic E-state index is 12.3. The molecule has 29 heavy (non-hydrogen) atoms. The van der Waals surface area contributed by atoms with E-state index in [1.807, 2.05) is 0 Å². The number of unbranched alkanes of at least 4 members (excludes halogenated alkanes) is 7. The summed E-state index contributed by atoms with van der Waals surface area (Å²) in [5.41, 5.74) is 0. The largest absolute Gasteiger partial charge is 0.462 e. The number of hydrogen-bond donors (Lipinski definition) is 1. The van der Waals surface area contributed by atoms with Crippen molar-refractivity contribution < 1.29 is 24.2 Å². The van der Waals surface area contributed by atoms with Crippen molar-refractivity contribution in [1.29, 1.82) is 0 Å². The van der Waals surface area contributed by atoms with Gasteiger partial charge in [-0.3, -0.25) is 4.79 Å². The van der Waals surface area contributed by atoms with Crippen LogP contribution in [0.4, 0.5) is 0 Å². The van der Waals surface area contributed by atoms with E-state index < -0.39 is 11.8 Å². The SMILES string of the molecule is CCCCCCCC[C@H]1CCC(=O)[C@@H]1CCCCCC(O)(OCC)C(=O)OCC. The van der Waals surface area contributed by atoms with Gasteiger partial charge >= 0.3 is 5.97 Å². The summed E-state index contributed by atoms with van der Waals surface area (Å²) < 4.78 is 10.2. The zero-order valence-corrected chi connectivity index (χ0v) is 19.0. The van der Waals surface area contributed by atoms with Gasteiger partial charge in [0.25, 0.3) is 5.79 Å². The van der Waals surface area contributed by atoms with Crippen LogP contribution >= 0.6 is 0 Å². The minimum Gasteiger partial charge on any atom is -0.462 e. The zero-order chi connectivity index (χ0) is 21.5. The predicted molar refractivity (Wildman–Crippen MR) is 116 cm³/mol. The Morgan fingerprint density at radius 3 is 2.31 bits per heavy atom. The number of Topliss-reactive ketones (excluding diaryl/α,β-unsaturated/α-hetero) is 1. The van der Waals surface area contributed by atoms with Crippen LogP contribution in [0, 0.1) is 11.8 Å². The zero-order valence-electron chi connectivity index (χ0n) is 19.0. The van der Waals surface area contributed by atoms with Gasteiger partial charge in [0.1, 0.15) is 5.78 Å². The molecule has 0 aliphatic heterocycles. The van der Waals surface area contributed by atoms with Gasteiger partial charge in [0, 0.05) is 25.4 Å². The van der Waals surface area contributed by atoms with E-state index in [0.717, 1.165) is 32.1 Å². The van der Waals surface area contributed by atoms with Crippen LogP contribution in [0.5, 0.6) is 0 Å². The van der Waals surface area contributed by atoms with E-state index in [0.29, 0.717) is 18.1 Å². The van der Waals surface area contributed by atoms with E-state index in [9.17, 15) is 14.7 Å². The molecule has 1 aliphatic rings. The molecule has 0 aromatic rings. The summed E-state index contributed by atoms with van der Waals surface area (Å²) in [6, 6.07) is 0. The highest BCUT2D eigenvalue weighted by Gasteiger charge is 2.38. The summed E-state index contributed by atoms with van der Waals surface area (Å²) in [7, 11) is 0. The number of ether oxygens (including phenoxy) is 2. The average Bonchev–Trinajstić information content (AvgIpc) is 3.04. The van der Waals surface area contributed by atoms with Crippen molar-refractivity contribution in [3.63, 3.8) is 0 Å². The second-order valence-corrected chi connectivity index (χ2v) is 8.47. The van der Waals surface area contributed by atoms with Crippen LogP contribution in [0.2, 0.25) is 0 Å². The van der Waals surface area contributed by atoms with E-state index in [-0.39, 0.29) is 25.6 Å². The van der Waals surface area contributed by atoms with E-state index in [4.69, 9.17) is 9.47 Å². The van der Waals surface area contributed by atoms with Crippen LogP contribution in [0.1, 0.15) is 111 Å². The molecule has 0 heterocycles. The molecule has 0 radical (unpaired) electrons. The van der Waals surface area contributed by atoms with Crippen molar-refractivity contribution in [2.45, 2.75) is 116 Å². The van der Waals surface area contributed by atoms with Crippen LogP contribution in [-0.2, 0) is 19.1 Å². The van der Waals surface area contributed by atoms with Crippen molar-refractivity contribution in [3.05, 3.63) is 0 Å². The molecule has 0 aromatic heterocycles. The van der Waals surface area contributed by atoms with E-state index in [1.165, 1.54) is 44.9 Å². The van der Waals surface area contributed by atoms with Gasteiger partial charge in [-0.05, 0) is 45.4 Å². The van der Waals surface area contributed by atoms with Crippen LogP contribution in [0.15, 0.2) is 0 Å². The Bertz CT molecular complexity index is 464. The predicted octanol–water partition coefficient (Wildman–Crippen LogP) is 5.57. The first kappa shape index (κ1) is 26.1. The molecule has 0 spiro atoms. The van der Waals surface area contributed by atoms with Crippen molar-refractivity contribution in [2.75, 3.05) is 13.2 Å². The minimum atomic E-state index is -1.84. The summed E-state index contributed by atoms with van der Waals surface area (Å²) in [6.07, 6.45) is 14.5. The Morgan fingerprint density at radius 2 is 1.62 bits per heavy atom. The third kappa shape index (κ3) is 9.61. The standard InChI is InChI=1S/C24H44O5/c1-4-7-8-9-10-12-15-20-17-18-22(25)21(20)16-13-11-14-19-24(27,29-6-3)23(26)28-5-2/h20-21,27H,4-19H2,1-3H3/t20-,21+,24?/m0/s1. The van der Waals surface area contributed by atoms with Gasteiger partial charge in [0.15, 0.2) is 0 Å². The number of esters is 1. The van der Waals surface area contributed by atoms with Gasteiger partial charge in [0.05, 0.1) is 6.61 Å². The summed E-state index contributed by atoms with van der Waals surface area (Å²) in [5.74, 6) is -1.31. The molecule has 3 atom stereocenters. The van der Waals surface area contributed by atoms with Gasteiger partial charge < -0.3 is 14.6 Å². The Hall–Kier alpha value is -0.940. The van der Waals surface area contributed by atoms with Gasteiger partial charge in [-0.1, -0.05) is 58.3 Å². The van der Waals surface area contributed by atoms with Crippen molar-refractivity contribution in [3.8, 4) is 0 Å². The molecule has 0 amide bonds. The lowest BCUT2D eigenvalue weighted by molar-refractivity contribution is -0.229. The second-order valence-electron chi connectivity index (χ2n) is 8.47. The van der Waals surface area contributed by atoms with Crippen LogP contribution < -0.4 is 0 Å². The molecule has 1 saturated carbocycles. The molecule has 0 saturated heterocycles. The quantitative estimate of drug-likeness (QED) is 0.192. The molecule has 1 aliphatic carbocycles. The number of aliphatic hydroxyl groups is 1. The molecule has 1 rings (SSSR count). The lowest BCUT2D eigenvalue weighted by Gasteiger charge is -2.25. The molecule has 1 fully saturated rings. The highest BCUT2D eigenvalue weighted by atomic mass is 16.7. The van der Waals surface area contributed by atoms with Gasteiger partial charge in [-0.2, -0.15) is 0 Å². The monoisotopic (exact) mass is 412 g/mol. The molecule has 0 aromatic carbocycles. The Balaban J connectivity index is 2.29. The summed E-state index contributed by atoms with van der Waals surface area (Å²) in [5, 5.41) is 10.4. The normalized spacial score (nSPS) is 21.3. The molecule has 170 valence electrons. The molecule has 5 heteroatoms. The number of carbonyl (C=O) groups is 2. The smallest absolute Gasteiger partial charge is 0.366 e. The first-order valence-electron chi connectivity index (χ1n) is 12.0. The Kier molecular flexibility index (Phi) is 13.5. The van der Waals surface area contributed by atoms with Crippen molar-refractivity contribution >= 4 is 11.8 Å². The molecule has 1 unspecified atom stereocenters. The van der Waals surface area contributed by atoms with Crippen molar-refractivity contribution in [1.82, 2.24) is 0 Å². The fourth-order valence-electron chi connectivity index (χ4n) is 4.53. The van der Waals surface area contributed by atoms with Gasteiger partial charge in [-0.15, -0.1) is 0 Å². The fourth-order valence-corrected chi connectivity index (χ4v) is 4.53. The summed E-state index contributed by atoms with van der Waals surface area (Å²) in [6.45, 7) is 6.18. The van der Waals surface area contributed by atoms with Gasteiger partial charge in [-0.25, -0.2) is 4.79 Å². The fraction of sp³-hybridized carbons (Fsp3) is 0.917. The maximum Gasteiger partial charge on any atom is 0.366 e. The molecular weight excluding hydrogens is 368 g/mol. The maximum absolute atomic E-state index is 12.3. The van der Waals surface area contributed by atoms with E-state index in [1.54, 1.807) is 13.8 Å². The number of hydrogen-bond acceptors (Lipinski definition) is 5. The number of carbonyl (C=O) groups excluding carboxylic acids is 2. The third-order valence-electron chi connectivity index (χ3n) is 6.18. The lowest BCUT2D eigenvalue weighted by Crippen LogP contribution is -2.43. The topological polar surface area (TPSA) is 72.8 Å². The van der Waals surface area contributed by atoms with Crippen LogP contribution in [-0.4, -0.2) is 35.9 Å². The molecule has 1 N–H and O–H groups in total. The third-order valence-corrected chi connectivity index (χ3v) is 6.18. The lowest BCUT2D eigenvalue weighted by atomic mass is 9.86. The first-order chi connectivity index (χ1) is 14.0. The highest BCUT2D eigenvalue weighted by molar-refractivity contribution is 5.83.